The maximum atomic E-state index is 13.8. The van der Waals surface area contributed by atoms with Crippen LogP contribution in [-0.2, 0) is 11.0 Å². The van der Waals surface area contributed by atoms with Gasteiger partial charge in [-0.2, -0.15) is 18.2 Å². The Morgan fingerprint density at radius 2 is 1.77 bits per heavy atom. The molecule has 1 atom stereocenters. The van der Waals surface area contributed by atoms with Crippen molar-refractivity contribution in [2.24, 2.45) is 0 Å². The SMILES string of the molecule is CC(=O)NC1CCN(c2nc(-c3ccc(F)c(Cl)c3)cc(N3CCN(c4ncccc4C(F)(F)F)CC3)n2)C1. The first-order chi connectivity index (χ1) is 18.6. The number of hydrogen-bond donors (Lipinski definition) is 1. The molecule has 0 saturated carbocycles. The van der Waals surface area contributed by atoms with Crippen LogP contribution < -0.4 is 20.0 Å². The number of carbonyl (C=O) groups excluding carboxylic acids is 1. The fourth-order valence-electron chi connectivity index (χ4n) is 4.89. The minimum absolute atomic E-state index is 0.0365. The summed E-state index contributed by atoms with van der Waals surface area (Å²) < 4.78 is 54.5. The van der Waals surface area contributed by atoms with Gasteiger partial charge >= 0.3 is 6.18 Å². The molecule has 1 N–H and O–H groups in total. The van der Waals surface area contributed by atoms with E-state index in [1.807, 2.05) is 9.80 Å². The van der Waals surface area contributed by atoms with Gasteiger partial charge in [0, 0.05) is 70.1 Å². The summed E-state index contributed by atoms with van der Waals surface area (Å²) in [6, 6.07) is 8.40. The maximum Gasteiger partial charge on any atom is 0.419 e. The van der Waals surface area contributed by atoms with Crippen molar-refractivity contribution in [3.8, 4) is 11.3 Å². The van der Waals surface area contributed by atoms with E-state index in [0.717, 1.165) is 12.5 Å². The molecule has 0 aliphatic carbocycles. The molecule has 0 spiro atoms. The first-order valence-electron chi connectivity index (χ1n) is 12.5. The Morgan fingerprint density at radius 1 is 1.03 bits per heavy atom. The minimum atomic E-state index is -4.50. The van der Waals surface area contributed by atoms with Gasteiger partial charge < -0.3 is 20.0 Å². The number of halogens is 5. The van der Waals surface area contributed by atoms with Crippen LogP contribution in [0.25, 0.3) is 11.3 Å². The zero-order valence-corrected chi connectivity index (χ0v) is 21.8. The van der Waals surface area contributed by atoms with Crippen LogP contribution in [-0.4, -0.2) is 66.2 Å². The van der Waals surface area contributed by atoms with Crippen LogP contribution in [0.4, 0.5) is 35.1 Å². The second-order valence-corrected chi connectivity index (χ2v) is 9.93. The molecule has 3 aromatic rings. The quantitative estimate of drug-likeness (QED) is 0.461. The molecular formula is C26H26ClF4N7O. The standard InChI is InChI=1S/C26H26ClF4N7O/c1-16(39)33-18-6-8-38(15-18)25-34-22(17-4-5-21(28)20(27)13-17)14-23(35-25)36-9-11-37(12-10-36)24-19(26(29,30)31)3-2-7-32-24/h2-5,7,13-14,18H,6,8-12,15H2,1H3,(H,33,39). The Kier molecular flexibility index (Phi) is 7.48. The number of pyridine rings is 1. The van der Waals surface area contributed by atoms with E-state index in [4.69, 9.17) is 21.6 Å². The summed E-state index contributed by atoms with van der Waals surface area (Å²) in [6.07, 6.45) is -2.41. The minimum Gasteiger partial charge on any atom is -0.353 e. The number of nitrogens with zero attached hydrogens (tertiary/aromatic N) is 6. The molecule has 2 aliphatic heterocycles. The molecule has 0 radical (unpaired) electrons. The fraction of sp³-hybridized carbons (Fsp3) is 0.385. The van der Waals surface area contributed by atoms with Crippen LogP contribution in [0.2, 0.25) is 5.02 Å². The number of benzene rings is 1. The first-order valence-corrected chi connectivity index (χ1v) is 12.8. The lowest BCUT2D eigenvalue weighted by molar-refractivity contribution is -0.137. The molecule has 8 nitrogen and oxygen atoms in total. The van der Waals surface area contributed by atoms with E-state index in [-0.39, 0.29) is 22.8 Å². The molecule has 1 unspecified atom stereocenters. The Labute approximate surface area is 227 Å². The van der Waals surface area contributed by atoms with Crippen molar-refractivity contribution in [1.29, 1.82) is 0 Å². The van der Waals surface area contributed by atoms with Gasteiger partial charge in [0.05, 0.1) is 16.3 Å². The molecule has 0 bridgehead atoms. The van der Waals surface area contributed by atoms with Crippen molar-refractivity contribution in [3.63, 3.8) is 0 Å². The number of rotatable bonds is 5. The fourth-order valence-corrected chi connectivity index (χ4v) is 5.07. The number of amides is 1. The van der Waals surface area contributed by atoms with E-state index >= 15 is 0 Å². The van der Waals surface area contributed by atoms with E-state index in [1.165, 1.54) is 31.3 Å². The highest BCUT2D eigenvalue weighted by atomic mass is 35.5. The van der Waals surface area contributed by atoms with Gasteiger partial charge in [0.2, 0.25) is 11.9 Å². The Hall–Kier alpha value is -3.67. The van der Waals surface area contributed by atoms with Crippen molar-refractivity contribution in [3.05, 3.63) is 59.0 Å². The summed E-state index contributed by atoms with van der Waals surface area (Å²) in [6.45, 7) is 4.06. The Bertz CT molecular complexity index is 1360. The van der Waals surface area contributed by atoms with Crippen molar-refractivity contribution in [2.45, 2.75) is 25.6 Å². The molecule has 5 rings (SSSR count). The molecule has 1 amide bonds. The number of alkyl halides is 3. The van der Waals surface area contributed by atoms with Gasteiger partial charge in [0.25, 0.3) is 0 Å². The van der Waals surface area contributed by atoms with E-state index < -0.39 is 17.6 Å². The summed E-state index contributed by atoms with van der Waals surface area (Å²) in [5.74, 6) is 0.294. The normalized spacial score (nSPS) is 18.0. The number of anilines is 3. The molecule has 2 fully saturated rings. The highest BCUT2D eigenvalue weighted by Crippen LogP contribution is 2.36. The molecule has 2 aromatic heterocycles. The number of nitrogens with one attached hydrogen (secondary N) is 1. The molecule has 2 saturated heterocycles. The van der Waals surface area contributed by atoms with Gasteiger partial charge in [-0.1, -0.05) is 11.6 Å². The predicted molar refractivity (Wildman–Crippen MR) is 141 cm³/mol. The monoisotopic (exact) mass is 563 g/mol. The largest absolute Gasteiger partial charge is 0.419 e. The van der Waals surface area contributed by atoms with Gasteiger partial charge in [0.1, 0.15) is 17.5 Å². The first kappa shape index (κ1) is 26.9. The smallest absolute Gasteiger partial charge is 0.353 e. The molecule has 2 aliphatic rings. The molecule has 39 heavy (non-hydrogen) atoms. The lowest BCUT2D eigenvalue weighted by Gasteiger charge is -2.37. The van der Waals surface area contributed by atoms with Crippen LogP contribution >= 0.6 is 11.6 Å². The van der Waals surface area contributed by atoms with Gasteiger partial charge in [-0.3, -0.25) is 4.79 Å². The van der Waals surface area contributed by atoms with Crippen LogP contribution in [0.3, 0.4) is 0 Å². The second kappa shape index (κ2) is 10.8. The topological polar surface area (TPSA) is 77.5 Å². The van der Waals surface area contributed by atoms with E-state index in [1.54, 1.807) is 17.0 Å². The zero-order chi connectivity index (χ0) is 27.7. The van der Waals surface area contributed by atoms with Gasteiger partial charge in [-0.25, -0.2) is 14.4 Å². The lowest BCUT2D eigenvalue weighted by Crippen LogP contribution is -2.47. The number of aromatic nitrogens is 3. The summed E-state index contributed by atoms with van der Waals surface area (Å²) >= 11 is 6.03. The lowest BCUT2D eigenvalue weighted by atomic mass is 10.1. The second-order valence-electron chi connectivity index (χ2n) is 9.52. The molecule has 4 heterocycles. The molecule has 206 valence electrons. The van der Waals surface area contributed by atoms with Crippen molar-refractivity contribution < 1.29 is 22.4 Å². The van der Waals surface area contributed by atoms with Gasteiger partial charge in [-0.05, 0) is 36.8 Å². The molecular weight excluding hydrogens is 538 g/mol. The van der Waals surface area contributed by atoms with E-state index in [2.05, 4.69) is 10.3 Å². The summed E-state index contributed by atoms with van der Waals surface area (Å²) in [5, 5.41) is 2.88. The summed E-state index contributed by atoms with van der Waals surface area (Å²) in [4.78, 5) is 30.6. The maximum absolute atomic E-state index is 13.8. The van der Waals surface area contributed by atoms with Crippen molar-refractivity contribution in [1.82, 2.24) is 20.3 Å². The van der Waals surface area contributed by atoms with Crippen molar-refractivity contribution >= 4 is 35.1 Å². The highest BCUT2D eigenvalue weighted by Gasteiger charge is 2.36. The highest BCUT2D eigenvalue weighted by molar-refractivity contribution is 6.31. The third-order valence-electron chi connectivity index (χ3n) is 6.79. The third kappa shape index (κ3) is 6.00. The summed E-state index contributed by atoms with van der Waals surface area (Å²) in [5.41, 5.74) is 0.373. The average Bonchev–Trinajstić information content (AvgIpc) is 3.37. The van der Waals surface area contributed by atoms with E-state index in [0.29, 0.717) is 62.3 Å². The Morgan fingerprint density at radius 3 is 2.46 bits per heavy atom. The molecule has 13 heteroatoms. The third-order valence-corrected chi connectivity index (χ3v) is 7.08. The van der Waals surface area contributed by atoms with Gasteiger partial charge in [0.15, 0.2) is 0 Å². The number of piperazine rings is 1. The van der Waals surface area contributed by atoms with Crippen LogP contribution in [0, 0.1) is 5.82 Å². The van der Waals surface area contributed by atoms with Crippen LogP contribution in [0.1, 0.15) is 18.9 Å². The number of hydrogen-bond acceptors (Lipinski definition) is 7. The number of carbonyl (C=O) groups is 1. The zero-order valence-electron chi connectivity index (χ0n) is 21.0. The Balaban J connectivity index is 1.42. The molecule has 1 aromatic carbocycles. The average molecular weight is 564 g/mol. The predicted octanol–water partition coefficient (Wildman–Crippen LogP) is 4.39. The van der Waals surface area contributed by atoms with Gasteiger partial charge in [-0.15, -0.1) is 0 Å². The van der Waals surface area contributed by atoms with Crippen molar-refractivity contribution in [2.75, 3.05) is 54.0 Å². The van der Waals surface area contributed by atoms with E-state index in [9.17, 15) is 22.4 Å². The van der Waals surface area contributed by atoms with Crippen LogP contribution in [0.5, 0.6) is 0 Å². The summed E-state index contributed by atoms with van der Waals surface area (Å²) in [7, 11) is 0. The van der Waals surface area contributed by atoms with Crippen LogP contribution in [0.15, 0.2) is 42.6 Å².